The van der Waals surface area contributed by atoms with E-state index in [2.05, 4.69) is 20.9 Å². The monoisotopic (exact) mass is 474 g/mol. The van der Waals surface area contributed by atoms with Gasteiger partial charge in [0, 0.05) is 23.6 Å². The first-order valence-electron chi connectivity index (χ1n) is 7.34. The van der Waals surface area contributed by atoms with Crippen LogP contribution in [0.25, 0.3) is 11.5 Å². The summed E-state index contributed by atoms with van der Waals surface area (Å²) in [5, 5.41) is 0.600. The summed E-state index contributed by atoms with van der Waals surface area (Å²) in [7, 11) is -0.526. The molecule has 0 aliphatic heterocycles. The molecule has 136 valence electrons. The molecule has 0 atom stereocenters. The van der Waals surface area contributed by atoms with E-state index in [0.717, 1.165) is 4.47 Å². The summed E-state index contributed by atoms with van der Waals surface area (Å²) in [6, 6.07) is 11.1. The number of halogens is 3. The molecule has 0 bridgehead atoms. The molecule has 5 nitrogen and oxygen atoms in total. The quantitative estimate of drug-likeness (QED) is 0.511. The number of sulfone groups is 1. The Morgan fingerprint density at radius 2 is 1.73 bits per heavy atom. The maximum atomic E-state index is 13.0. The number of hydrogen-bond acceptors (Lipinski definition) is 5. The Labute approximate surface area is 169 Å². The lowest BCUT2D eigenvalue weighted by atomic mass is 10.2. The molecule has 1 aromatic heterocycles. The normalized spacial score (nSPS) is 11.6. The van der Waals surface area contributed by atoms with Gasteiger partial charge >= 0.3 is 0 Å². The highest BCUT2D eigenvalue weighted by Crippen LogP contribution is 2.37. The third kappa shape index (κ3) is 3.62. The van der Waals surface area contributed by atoms with Crippen molar-refractivity contribution < 1.29 is 12.8 Å². The Morgan fingerprint density at radius 1 is 1.08 bits per heavy atom. The van der Waals surface area contributed by atoms with Crippen LogP contribution in [0.5, 0.6) is 0 Å². The highest BCUT2D eigenvalue weighted by atomic mass is 79.9. The second-order valence-corrected chi connectivity index (χ2v) is 9.23. The average Bonchev–Trinajstić information content (AvgIpc) is 3.01. The first kappa shape index (κ1) is 19.2. The van der Waals surface area contributed by atoms with Gasteiger partial charge in [-0.15, -0.1) is 0 Å². The smallest absolute Gasteiger partial charge is 0.235 e. The minimum Gasteiger partial charge on any atom is -0.419 e. The molecule has 0 aliphatic rings. The van der Waals surface area contributed by atoms with Gasteiger partial charge in [0.1, 0.15) is 0 Å². The molecule has 3 aromatic rings. The molecule has 0 saturated heterocycles. The third-order valence-electron chi connectivity index (χ3n) is 3.53. The standard InChI is InChI=1S/C17H13BrCl2N2O3S/c1-22(2)17-16(26(23,24)12-6-3-10(18)4-7-12)21-15(25-17)13-8-5-11(19)9-14(13)20/h3-9H,1-2H3. The maximum absolute atomic E-state index is 13.0. The van der Waals surface area contributed by atoms with Crippen LogP contribution < -0.4 is 4.90 Å². The number of anilines is 1. The fourth-order valence-corrected chi connectivity index (χ4v) is 4.39. The number of aromatic nitrogens is 1. The van der Waals surface area contributed by atoms with Crippen molar-refractivity contribution in [2.24, 2.45) is 0 Å². The molecule has 26 heavy (non-hydrogen) atoms. The molecule has 0 spiro atoms. The van der Waals surface area contributed by atoms with Gasteiger partial charge in [-0.3, -0.25) is 0 Å². The fraction of sp³-hybridized carbons (Fsp3) is 0.118. The van der Waals surface area contributed by atoms with E-state index in [1.165, 1.54) is 12.1 Å². The molecule has 0 fully saturated rings. The molecule has 0 N–H and O–H groups in total. The molecule has 2 aromatic carbocycles. The number of nitrogens with zero attached hydrogens (tertiary/aromatic N) is 2. The van der Waals surface area contributed by atoms with E-state index in [-0.39, 0.29) is 21.7 Å². The lowest BCUT2D eigenvalue weighted by Gasteiger charge is -2.10. The lowest BCUT2D eigenvalue weighted by molar-refractivity contribution is 0.564. The molecule has 0 radical (unpaired) electrons. The van der Waals surface area contributed by atoms with Gasteiger partial charge in [-0.1, -0.05) is 39.1 Å². The van der Waals surface area contributed by atoms with Crippen LogP contribution in [0.4, 0.5) is 5.88 Å². The van der Waals surface area contributed by atoms with Gasteiger partial charge in [-0.25, -0.2) is 8.42 Å². The van der Waals surface area contributed by atoms with Crippen LogP contribution in [-0.4, -0.2) is 27.5 Å². The molecular weight excluding hydrogens is 463 g/mol. The largest absolute Gasteiger partial charge is 0.419 e. The zero-order valence-electron chi connectivity index (χ0n) is 13.7. The van der Waals surface area contributed by atoms with Crippen molar-refractivity contribution in [1.82, 2.24) is 4.98 Å². The van der Waals surface area contributed by atoms with Crippen molar-refractivity contribution in [3.05, 3.63) is 57.0 Å². The first-order chi connectivity index (χ1) is 12.2. The number of hydrogen-bond donors (Lipinski definition) is 0. The topological polar surface area (TPSA) is 63.4 Å². The second kappa shape index (κ2) is 7.23. The SMILES string of the molecule is CN(C)c1oc(-c2ccc(Cl)cc2Cl)nc1S(=O)(=O)c1ccc(Br)cc1. The molecule has 0 amide bonds. The Hall–Kier alpha value is -1.54. The molecule has 0 unspecified atom stereocenters. The van der Waals surface area contributed by atoms with E-state index in [0.29, 0.717) is 15.6 Å². The number of benzene rings is 2. The summed E-state index contributed by atoms with van der Waals surface area (Å²) < 4.78 is 32.6. The van der Waals surface area contributed by atoms with Gasteiger partial charge in [-0.05, 0) is 42.5 Å². The lowest BCUT2D eigenvalue weighted by Crippen LogP contribution is -2.13. The molecule has 0 saturated carbocycles. The van der Waals surface area contributed by atoms with Gasteiger partial charge in [0.2, 0.25) is 26.6 Å². The number of oxazole rings is 1. The van der Waals surface area contributed by atoms with Crippen LogP contribution in [0, 0.1) is 0 Å². The molecular formula is C17H13BrCl2N2O3S. The van der Waals surface area contributed by atoms with E-state index >= 15 is 0 Å². The summed E-state index contributed by atoms with van der Waals surface area (Å²) in [6.45, 7) is 0. The zero-order valence-corrected chi connectivity index (χ0v) is 17.6. The summed E-state index contributed by atoms with van der Waals surface area (Å²) >= 11 is 15.4. The van der Waals surface area contributed by atoms with Gasteiger partial charge in [0.05, 0.1) is 15.5 Å². The Kier molecular flexibility index (Phi) is 5.35. The van der Waals surface area contributed by atoms with Gasteiger partial charge < -0.3 is 9.32 Å². The minimum atomic E-state index is -3.88. The van der Waals surface area contributed by atoms with Gasteiger partial charge in [0.15, 0.2) is 0 Å². The van der Waals surface area contributed by atoms with Crippen molar-refractivity contribution in [2.75, 3.05) is 19.0 Å². The fourth-order valence-electron chi connectivity index (χ4n) is 2.26. The third-order valence-corrected chi connectivity index (χ3v) is 6.27. The average molecular weight is 476 g/mol. The van der Waals surface area contributed by atoms with Crippen molar-refractivity contribution in [3.8, 4) is 11.5 Å². The van der Waals surface area contributed by atoms with Crippen LogP contribution in [0.2, 0.25) is 10.0 Å². The van der Waals surface area contributed by atoms with Crippen molar-refractivity contribution in [3.63, 3.8) is 0 Å². The van der Waals surface area contributed by atoms with Crippen LogP contribution >= 0.6 is 39.1 Å². The van der Waals surface area contributed by atoms with E-state index < -0.39 is 9.84 Å². The highest BCUT2D eigenvalue weighted by molar-refractivity contribution is 9.10. The molecule has 3 rings (SSSR count). The van der Waals surface area contributed by atoms with Gasteiger partial charge in [-0.2, -0.15) is 4.98 Å². The molecule has 0 aliphatic carbocycles. The minimum absolute atomic E-state index is 0.103. The van der Waals surface area contributed by atoms with Crippen LogP contribution in [0.3, 0.4) is 0 Å². The van der Waals surface area contributed by atoms with E-state index in [4.69, 9.17) is 27.6 Å². The summed E-state index contributed by atoms with van der Waals surface area (Å²) in [5.74, 6) is 0.222. The molecule has 9 heteroatoms. The predicted octanol–water partition coefficient (Wildman–Crippen LogP) is 5.31. The predicted molar refractivity (Wildman–Crippen MR) is 106 cm³/mol. The van der Waals surface area contributed by atoms with Crippen LogP contribution in [-0.2, 0) is 9.84 Å². The molecule has 1 heterocycles. The highest BCUT2D eigenvalue weighted by Gasteiger charge is 2.30. The van der Waals surface area contributed by atoms with E-state index in [1.54, 1.807) is 49.3 Å². The maximum Gasteiger partial charge on any atom is 0.235 e. The van der Waals surface area contributed by atoms with Crippen molar-refractivity contribution >= 4 is 54.9 Å². The zero-order chi connectivity index (χ0) is 19.1. The van der Waals surface area contributed by atoms with E-state index in [9.17, 15) is 8.42 Å². The summed E-state index contributed by atoms with van der Waals surface area (Å²) in [4.78, 5) is 5.89. The summed E-state index contributed by atoms with van der Waals surface area (Å²) in [5.41, 5.74) is 0.455. The summed E-state index contributed by atoms with van der Waals surface area (Å²) in [6.07, 6.45) is 0. The second-order valence-electron chi connectivity index (χ2n) is 5.61. The van der Waals surface area contributed by atoms with Crippen molar-refractivity contribution in [1.29, 1.82) is 0 Å². The Bertz CT molecular complexity index is 1060. The number of rotatable bonds is 4. The Balaban J connectivity index is 2.18. The van der Waals surface area contributed by atoms with Gasteiger partial charge in [0.25, 0.3) is 0 Å². The van der Waals surface area contributed by atoms with E-state index in [1.807, 2.05) is 0 Å². The van der Waals surface area contributed by atoms with Crippen molar-refractivity contribution in [2.45, 2.75) is 9.92 Å². The van der Waals surface area contributed by atoms with Crippen LogP contribution in [0.15, 0.2) is 61.3 Å². The first-order valence-corrected chi connectivity index (χ1v) is 10.4. The van der Waals surface area contributed by atoms with Crippen LogP contribution in [0.1, 0.15) is 0 Å². The Morgan fingerprint density at radius 3 is 2.31 bits per heavy atom.